The Morgan fingerprint density at radius 2 is 2.04 bits per heavy atom. The maximum absolute atomic E-state index is 13.1. The fraction of sp³-hybridized carbons (Fsp3) is 0.350. The van der Waals surface area contributed by atoms with Crippen LogP contribution in [0.1, 0.15) is 30.9 Å². The van der Waals surface area contributed by atoms with Crippen LogP contribution >= 0.6 is 0 Å². The molecule has 7 heteroatoms. The van der Waals surface area contributed by atoms with E-state index in [0.29, 0.717) is 31.1 Å². The molecule has 2 saturated heterocycles. The zero-order valence-electron chi connectivity index (χ0n) is 15.0. The maximum Gasteiger partial charge on any atom is 0.414 e. The molecule has 0 spiro atoms. The van der Waals surface area contributed by atoms with Crippen molar-refractivity contribution in [2.75, 3.05) is 29.9 Å². The standard InChI is InChI=1S/C20H22N4O3/c25-19(23-11-4-3-8-17(23)15-6-5-10-21-14-15)22-16-7-1-2-9-18(16)24-12-13-27-20(24)26/h1-2,5-7,9-10,14,17H,3-4,8,11-13H2,(H,22,25). The molecule has 0 bridgehead atoms. The van der Waals surface area contributed by atoms with Crippen LogP contribution in [0, 0.1) is 0 Å². The highest BCUT2D eigenvalue weighted by Crippen LogP contribution is 2.33. The second-order valence-electron chi connectivity index (χ2n) is 6.70. The number of nitrogens with zero attached hydrogens (tertiary/aromatic N) is 3. The van der Waals surface area contributed by atoms with Gasteiger partial charge in [-0.15, -0.1) is 0 Å². The van der Waals surface area contributed by atoms with Gasteiger partial charge in [-0.25, -0.2) is 9.59 Å². The number of hydrogen-bond donors (Lipinski definition) is 1. The first-order valence-corrected chi connectivity index (χ1v) is 9.25. The predicted molar refractivity (Wildman–Crippen MR) is 102 cm³/mol. The Morgan fingerprint density at radius 3 is 2.81 bits per heavy atom. The average Bonchev–Trinajstić information content (AvgIpc) is 3.15. The predicted octanol–water partition coefficient (Wildman–Crippen LogP) is 3.80. The van der Waals surface area contributed by atoms with Crippen molar-refractivity contribution in [3.63, 3.8) is 0 Å². The quantitative estimate of drug-likeness (QED) is 0.897. The van der Waals surface area contributed by atoms with Gasteiger partial charge < -0.3 is 15.0 Å². The van der Waals surface area contributed by atoms with Gasteiger partial charge in [-0.1, -0.05) is 18.2 Å². The topological polar surface area (TPSA) is 74.8 Å². The van der Waals surface area contributed by atoms with Crippen LogP contribution in [0.2, 0.25) is 0 Å². The summed E-state index contributed by atoms with van der Waals surface area (Å²) in [6, 6.07) is 11.1. The summed E-state index contributed by atoms with van der Waals surface area (Å²) in [4.78, 5) is 32.6. The SMILES string of the molecule is O=C1OCCN1c1ccccc1NC(=O)N1CCCCC1c1cccnc1. The van der Waals surface area contributed by atoms with Crippen molar-refractivity contribution >= 4 is 23.5 Å². The fourth-order valence-electron chi connectivity index (χ4n) is 3.71. The first-order valence-electron chi connectivity index (χ1n) is 9.25. The summed E-state index contributed by atoms with van der Waals surface area (Å²) in [6.45, 7) is 1.53. The van der Waals surface area contributed by atoms with E-state index in [9.17, 15) is 9.59 Å². The van der Waals surface area contributed by atoms with Crippen molar-refractivity contribution in [1.82, 2.24) is 9.88 Å². The van der Waals surface area contributed by atoms with E-state index in [1.807, 2.05) is 47.5 Å². The molecule has 2 aliphatic rings. The number of pyridine rings is 1. The van der Waals surface area contributed by atoms with Gasteiger partial charge in [0.05, 0.1) is 24.0 Å². The van der Waals surface area contributed by atoms with E-state index in [-0.39, 0.29) is 18.2 Å². The summed E-state index contributed by atoms with van der Waals surface area (Å²) in [5, 5.41) is 2.99. The molecule has 3 amide bonds. The lowest BCUT2D eigenvalue weighted by molar-refractivity contribution is 0.163. The minimum absolute atomic E-state index is 0.0105. The maximum atomic E-state index is 13.1. The molecule has 1 aromatic heterocycles. The van der Waals surface area contributed by atoms with Gasteiger partial charge in [-0.3, -0.25) is 9.88 Å². The van der Waals surface area contributed by atoms with Crippen LogP contribution in [-0.4, -0.2) is 41.7 Å². The normalized spacial score (nSPS) is 19.7. The van der Waals surface area contributed by atoms with Crippen molar-refractivity contribution in [2.45, 2.75) is 25.3 Å². The molecule has 1 aromatic carbocycles. The van der Waals surface area contributed by atoms with Crippen LogP contribution < -0.4 is 10.2 Å². The third kappa shape index (κ3) is 3.58. The highest BCUT2D eigenvalue weighted by Gasteiger charge is 2.30. The Kier molecular flexibility index (Phi) is 4.91. The van der Waals surface area contributed by atoms with E-state index >= 15 is 0 Å². The minimum Gasteiger partial charge on any atom is -0.447 e. The largest absolute Gasteiger partial charge is 0.447 e. The zero-order chi connectivity index (χ0) is 18.6. The Bertz CT molecular complexity index is 827. The van der Waals surface area contributed by atoms with Crippen LogP contribution in [0.4, 0.5) is 21.0 Å². The molecule has 7 nitrogen and oxygen atoms in total. The Balaban J connectivity index is 1.56. The van der Waals surface area contributed by atoms with E-state index in [1.165, 1.54) is 0 Å². The van der Waals surface area contributed by atoms with Gasteiger partial charge in [0.25, 0.3) is 0 Å². The number of nitrogens with one attached hydrogen (secondary N) is 1. The third-order valence-corrected chi connectivity index (χ3v) is 5.03. The van der Waals surface area contributed by atoms with E-state index in [0.717, 1.165) is 24.8 Å². The molecule has 4 rings (SSSR count). The number of rotatable bonds is 3. The van der Waals surface area contributed by atoms with Gasteiger partial charge in [0, 0.05) is 18.9 Å². The first kappa shape index (κ1) is 17.3. The van der Waals surface area contributed by atoms with Crippen molar-refractivity contribution in [3.05, 3.63) is 54.4 Å². The van der Waals surface area contributed by atoms with E-state index < -0.39 is 0 Å². The first-order chi connectivity index (χ1) is 13.2. The molecule has 2 aliphatic heterocycles. The molecule has 0 radical (unpaired) electrons. The number of benzene rings is 1. The summed E-state index contributed by atoms with van der Waals surface area (Å²) in [5.41, 5.74) is 2.31. The lowest BCUT2D eigenvalue weighted by Crippen LogP contribution is -2.41. The third-order valence-electron chi connectivity index (χ3n) is 5.03. The molecule has 140 valence electrons. The Labute approximate surface area is 157 Å². The number of amides is 3. The molecule has 0 saturated carbocycles. The van der Waals surface area contributed by atoms with Crippen LogP contribution in [0.5, 0.6) is 0 Å². The van der Waals surface area contributed by atoms with Gasteiger partial charge in [0.2, 0.25) is 0 Å². The van der Waals surface area contributed by atoms with Crippen molar-refractivity contribution in [3.8, 4) is 0 Å². The van der Waals surface area contributed by atoms with Crippen LogP contribution in [0.25, 0.3) is 0 Å². The molecule has 1 N–H and O–H groups in total. The zero-order valence-corrected chi connectivity index (χ0v) is 15.0. The summed E-state index contributed by atoms with van der Waals surface area (Å²) in [5.74, 6) is 0. The number of ether oxygens (including phenoxy) is 1. The van der Waals surface area contributed by atoms with Crippen LogP contribution in [0.15, 0.2) is 48.8 Å². The van der Waals surface area contributed by atoms with Gasteiger partial charge in [0.1, 0.15) is 6.61 Å². The van der Waals surface area contributed by atoms with Crippen molar-refractivity contribution < 1.29 is 14.3 Å². The smallest absolute Gasteiger partial charge is 0.414 e. The van der Waals surface area contributed by atoms with Gasteiger partial charge in [0.15, 0.2) is 0 Å². The number of carbonyl (C=O) groups is 2. The Morgan fingerprint density at radius 1 is 1.15 bits per heavy atom. The summed E-state index contributed by atoms with van der Waals surface area (Å²) < 4.78 is 5.03. The number of cyclic esters (lactones) is 1. The second kappa shape index (κ2) is 7.65. The summed E-state index contributed by atoms with van der Waals surface area (Å²) in [7, 11) is 0. The number of anilines is 2. The van der Waals surface area contributed by atoms with Crippen molar-refractivity contribution in [2.24, 2.45) is 0 Å². The van der Waals surface area contributed by atoms with Crippen molar-refractivity contribution in [1.29, 1.82) is 0 Å². The molecule has 1 unspecified atom stereocenters. The molecule has 27 heavy (non-hydrogen) atoms. The molecule has 1 atom stereocenters. The number of piperidine rings is 1. The molecule has 0 aliphatic carbocycles. The highest BCUT2D eigenvalue weighted by molar-refractivity contribution is 5.99. The monoisotopic (exact) mass is 366 g/mol. The molecule has 2 fully saturated rings. The number of hydrogen-bond acceptors (Lipinski definition) is 4. The molecule has 2 aromatic rings. The molecular weight excluding hydrogens is 344 g/mol. The van der Waals surface area contributed by atoms with Crippen LogP contribution in [0.3, 0.4) is 0 Å². The number of urea groups is 1. The number of aromatic nitrogens is 1. The molecular formula is C20H22N4O3. The molecule has 3 heterocycles. The lowest BCUT2D eigenvalue weighted by Gasteiger charge is -2.36. The van der Waals surface area contributed by atoms with Gasteiger partial charge in [-0.05, 0) is 43.0 Å². The van der Waals surface area contributed by atoms with E-state index in [2.05, 4.69) is 10.3 Å². The average molecular weight is 366 g/mol. The summed E-state index contributed by atoms with van der Waals surface area (Å²) >= 11 is 0. The number of carbonyl (C=O) groups excluding carboxylic acids is 2. The number of para-hydroxylation sites is 2. The van der Waals surface area contributed by atoms with E-state index in [1.54, 1.807) is 11.1 Å². The lowest BCUT2D eigenvalue weighted by atomic mass is 9.97. The fourth-order valence-corrected chi connectivity index (χ4v) is 3.71. The van der Waals surface area contributed by atoms with E-state index in [4.69, 9.17) is 4.74 Å². The highest BCUT2D eigenvalue weighted by atomic mass is 16.6. The number of likely N-dealkylation sites (tertiary alicyclic amines) is 1. The van der Waals surface area contributed by atoms with Crippen LogP contribution in [-0.2, 0) is 4.74 Å². The van der Waals surface area contributed by atoms with Gasteiger partial charge >= 0.3 is 12.1 Å². The second-order valence-corrected chi connectivity index (χ2v) is 6.70. The minimum atomic E-state index is -0.386. The van der Waals surface area contributed by atoms with Gasteiger partial charge in [-0.2, -0.15) is 0 Å². The Hall–Kier alpha value is -3.09. The summed E-state index contributed by atoms with van der Waals surface area (Å²) in [6.07, 6.45) is 6.15.